The molecule has 4 aromatic rings. The maximum Gasteiger partial charge on any atom is 0.417 e. The molecule has 2 saturated heterocycles. The minimum Gasteiger partial charge on any atom is -0.508 e. The normalized spacial score (nSPS) is 26.6. The molecule has 2 aliphatic carbocycles. The van der Waals surface area contributed by atoms with Gasteiger partial charge < -0.3 is 9.84 Å². The molecule has 5 aliphatic rings. The Morgan fingerprint density at radius 1 is 0.930 bits per heavy atom. The van der Waals surface area contributed by atoms with Crippen molar-refractivity contribution in [2.75, 3.05) is 10.3 Å². The lowest BCUT2D eigenvalue weighted by atomic mass is 9.48. The second-order valence-corrected chi connectivity index (χ2v) is 16.4. The number of fused-ring (bicyclic) bond motifs is 5. The number of hydrogen-bond donors (Lipinski definition) is 2. The van der Waals surface area contributed by atoms with Gasteiger partial charge in [-0.25, -0.2) is 4.98 Å². The van der Waals surface area contributed by atoms with Gasteiger partial charge in [-0.2, -0.15) is 18.2 Å². The zero-order chi connectivity index (χ0) is 40.1. The highest BCUT2D eigenvalue weighted by atomic mass is 79.9. The molecule has 3 aromatic carbocycles. The topological polar surface area (TPSA) is 129 Å². The fraction of sp³-hybridized carbons (Fsp3) is 0.244. The zero-order valence-corrected chi connectivity index (χ0v) is 32.4. The van der Waals surface area contributed by atoms with Crippen LogP contribution < -0.4 is 15.1 Å². The highest BCUT2D eigenvalue weighted by molar-refractivity contribution is 9.10. The number of halogens is 6. The number of pyridine rings is 1. The van der Waals surface area contributed by atoms with Crippen LogP contribution in [0.1, 0.15) is 29.5 Å². The molecule has 0 spiro atoms. The van der Waals surface area contributed by atoms with E-state index in [0.717, 1.165) is 9.48 Å². The Labute approximate surface area is 341 Å². The smallest absolute Gasteiger partial charge is 0.417 e. The summed E-state index contributed by atoms with van der Waals surface area (Å²) in [5, 5.41) is 11.0. The van der Waals surface area contributed by atoms with Crippen molar-refractivity contribution in [1.82, 2.24) is 9.99 Å². The van der Waals surface area contributed by atoms with E-state index in [9.17, 15) is 32.7 Å². The molecule has 1 saturated carbocycles. The van der Waals surface area contributed by atoms with Gasteiger partial charge in [0.1, 0.15) is 11.5 Å². The van der Waals surface area contributed by atoms with Crippen LogP contribution in [0, 0.1) is 29.6 Å². The van der Waals surface area contributed by atoms with E-state index in [-0.39, 0.29) is 36.7 Å². The number of allylic oxidation sites excluding steroid dienone is 3. The van der Waals surface area contributed by atoms with Crippen LogP contribution in [0.2, 0.25) is 10.0 Å². The van der Waals surface area contributed by atoms with Crippen LogP contribution in [0.3, 0.4) is 0 Å². The number of ether oxygens (including phenoxy) is 1. The van der Waals surface area contributed by atoms with Gasteiger partial charge in [0.05, 0.1) is 45.7 Å². The Balaban J connectivity index is 1.21. The lowest BCUT2D eigenvalue weighted by Gasteiger charge is -2.51. The minimum atomic E-state index is -4.76. The number of alkyl halides is 3. The van der Waals surface area contributed by atoms with E-state index in [2.05, 4.69) is 26.3 Å². The maximum atomic E-state index is 15.4. The number of nitrogens with zero attached hydrogens (tertiary/aromatic N) is 3. The second kappa shape index (κ2) is 13.5. The largest absolute Gasteiger partial charge is 0.508 e. The lowest BCUT2D eigenvalue weighted by Crippen LogP contribution is -2.55. The predicted molar refractivity (Wildman–Crippen MR) is 205 cm³/mol. The van der Waals surface area contributed by atoms with E-state index >= 15 is 4.79 Å². The Bertz CT molecular complexity index is 2480. The summed E-state index contributed by atoms with van der Waals surface area (Å²) in [5.41, 5.74) is 2.40. The van der Waals surface area contributed by atoms with E-state index in [4.69, 9.17) is 27.9 Å². The van der Waals surface area contributed by atoms with E-state index in [1.165, 1.54) is 17.2 Å². The van der Waals surface area contributed by atoms with Crippen molar-refractivity contribution in [1.29, 1.82) is 0 Å². The minimum absolute atomic E-state index is 0.0170. The SMILES string of the molecule is O=C1C2CC3C(=CCC4C(=O)N(c5ccc(Br)cc5)C(=O)C43)C(C3=COc4ccc(O)cc4C3)C2(c2ccc(Cl)cc2)C(=O)N1Nc1ncc(C(F)(F)F)cc1Cl. The van der Waals surface area contributed by atoms with Crippen LogP contribution in [0.5, 0.6) is 11.5 Å². The van der Waals surface area contributed by atoms with E-state index in [1.54, 1.807) is 60.7 Å². The fourth-order valence-corrected chi connectivity index (χ4v) is 10.0. The molecule has 4 amide bonds. The Kier molecular flexibility index (Phi) is 8.83. The van der Waals surface area contributed by atoms with Gasteiger partial charge in [-0.15, -0.1) is 0 Å². The number of rotatable bonds is 5. The van der Waals surface area contributed by atoms with Gasteiger partial charge in [-0.1, -0.05) is 62.9 Å². The number of aromatic nitrogens is 1. The number of carbonyl (C=O) groups is 4. The lowest BCUT2D eigenvalue weighted by molar-refractivity contribution is -0.139. The number of hydrogen-bond acceptors (Lipinski definition) is 8. The Morgan fingerprint density at radius 3 is 2.37 bits per heavy atom. The molecule has 16 heteroatoms. The number of carbonyl (C=O) groups excluding carboxylic acids is 4. The van der Waals surface area contributed by atoms with Crippen molar-refractivity contribution in [3.63, 3.8) is 0 Å². The van der Waals surface area contributed by atoms with Gasteiger partial charge in [-0.3, -0.25) is 29.5 Å². The number of aromatic hydroxyl groups is 1. The highest BCUT2D eigenvalue weighted by Gasteiger charge is 2.71. The van der Waals surface area contributed by atoms with Crippen molar-refractivity contribution in [3.05, 3.63) is 134 Å². The molecule has 2 N–H and O–H groups in total. The third-order valence-electron chi connectivity index (χ3n) is 11.8. The predicted octanol–water partition coefficient (Wildman–Crippen LogP) is 8.42. The fourth-order valence-electron chi connectivity index (χ4n) is 9.44. The highest BCUT2D eigenvalue weighted by Crippen LogP contribution is 2.63. The molecule has 3 fully saturated rings. The number of hydrazine groups is 1. The van der Waals surface area contributed by atoms with Crippen LogP contribution in [0.15, 0.2) is 107 Å². The third-order valence-corrected chi connectivity index (χ3v) is 12.9. The van der Waals surface area contributed by atoms with Crippen molar-refractivity contribution in [2.45, 2.75) is 30.9 Å². The summed E-state index contributed by atoms with van der Waals surface area (Å²) >= 11 is 16.0. The summed E-state index contributed by atoms with van der Waals surface area (Å²) in [5.74, 6) is -6.69. The quantitative estimate of drug-likeness (QED) is 0.151. The summed E-state index contributed by atoms with van der Waals surface area (Å²) in [4.78, 5) is 64.0. The first-order valence-corrected chi connectivity index (χ1v) is 19.4. The second-order valence-electron chi connectivity index (χ2n) is 14.7. The Hall–Kier alpha value is -5.18. The molecule has 9 rings (SSSR count). The number of amides is 4. The van der Waals surface area contributed by atoms with Crippen LogP contribution in [0.4, 0.5) is 24.7 Å². The summed E-state index contributed by atoms with van der Waals surface area (Å²) in [6, 6.07) is 18.5. The maximum absolute atomic E-state index is 15.4. The molecule has 10 nitrogen and oxygen atoms in total. The van der Waals surface area contributed by atoms with Gasteiger partial charge in [0.15, 0.2) is 5.82 Å². The average molecular weight is 881 g/mol. The zero-order valence-electron chi connectivity index (χ0n) is 29.3. The standard InChI is InChI=1S/C41H28BrCl2F3N4O6/c42-23-3-7-25(8-4-23)50-36(53)28-11-10-27-29(33(28)38(50)55)16-30-37(54)51(49-35-31(44)15-22(17-48-35)41(45,46)47)39(56)40(30,21-1-5-24(43)6-2-21)34(27)20-13-19-14-26(52)9-12-32(19)57-18-20/h1-10,12,14-15,17-18,28-30,33-34,52H,11,13,16H2,(H,48,49). The van der Waals surface area contributed by atoms with Crippen molar-refractivity contribution >= 4 is 74.3 Å². The van der Waals surface area contributed by atoms with E-state index < -0.39 is 69.5 Å². The van der Waals surface area contributed by atoms with Crippen LogP contribution in [0.25, 0.3) is 0 Å². The molecule has 0 bridgehead atoms. The number of anilines is 2. The van der Waals surface area contributed by atoms with E-state index in [0.29, 0.717) is 51.0 Å². The van der Waals surface area contributed by atoms with Crippen molar-refractivity contribution in [2.24, 2.45) is 29.6 Å². The van der Waals surface area contributed by atoms with Crippen LogP contribution in [-0.2, 0) is 37.2 Å². The van der Waals surface area contributed by atoms with Crippen molar-refractivity contribution in [3.8, 4) is 11.5 Å². The number of imide groups is 2. The first-order chi connectivity index (χ1) is 27.2. The molecular weight excluding hydrogens is 852 g/mol. The average Bonchev–Trinajstić information content (AvgIpc) is 3.56. The van der Waals surface area contributed by atoms with Gasteiger partial charge in [0, 0.05) is 33.6 Å². The molecule has 290 valence electrons. The third kappa shape index (κ3) is 5.78. The van der Waals surface area contributed by atoms with Crippen LogP contribution >= 0.6 is 39.1 Å². The molecule has 1 aromatic heterocycles. The Morgan fingerprint density at radius 2 is 1.67 bits per heavy atom. The summed E-state index contributed by atoms with van der Waals surface area (Å²) in [6.45, 7) is 0. The molecule has 3 aliphatic heterocycles. The van der Waals surface area contributed by atoms with E-state index in [1.807, 2.05) is 6.08 Å². The van der Waals surface area contributed by atoms with Crippen molar-refractivity contribution < 1.29 is 42.2 Å². The van der Waals surface area contributed by atoms with Gasteiger partial charge in [-0.05, 0) is 90.6 Å². The number of nitrogens with one attached hydrogen (secondary N) is 1. The number of phenolic OH excluding ortho intramolecular Hbond substituents is 1. The molecule has 0 radical (unpaired) electrons. The van der Waals surface area contributed by atoms with Gasteiger partial charge >= 0.3 is 6.18 Å². The molecule has 6 unspecified atom stereocenters. The van der Waals surface area contributed by atoms with Gasteiger partial charge in [0.25, 0.3) is 11.8 Å². The molecular formula is C41H28BrCl2F3N4O6. The molecule has 6 atom stereocenters. The molecule has 4 heterocycles. The summed E-state index contributed by atoms with van der Waals surface area (Å²) in [6.07, 6.45) is -0.496. The summed E-state index contributed by atoms with van der Waals surface area (Å²) in [7, 11) is 0. The number of benzene rings is 3. The molecule has 57 heavy (non-hydrogen) atoms. The van der Waals surface area contributed by atoms with Gasteiger partial charge in [0.2, 0.25) is 11.8 Å². The summed E-state index contributed by atoms with van der Waals surface area (Å²) < 4.78 is 47.5. The number of phenols is 1. The first kappa shape index (κ1) is 37.4. The monoisotopic (exact) mass is 878 g/mol. The first-order valence-electron chi connectivity index (χ1n) is 17.8. The van der Waals surface area contributed by atoms with Crippen LogP contribution in [-0.4, -0.2) is 38.7 Å².